The van der Waals surface area contributed by atoms with Gasteiger partial charge in [0.1, 0.15) is 6.10 Å². The van der Waals surface area contributed by atoms with Gasteiger partial charge in [-0.1, -0.05) is 12.1 Å². The van der Waals surface area contributed by atoms with Gasteiger partial charge in [0.2, 0.25) is 5.88 Å². The van der Waals surface area contributed by atoms with E-state index in [0.29, 0.717) is 31.2 Å². The lowest BCUT2D eigenvalue weighted by atomic mass is 10.3. The zero-order chi connectivity index (χ0) is 18.5. The molecule has 0 radical (unpaired) electrons. The van der Waals surface area contributed by atoms with Crippen LogP contribution in [0.4, 0.5) is 10.2 Å². The summed E-state index contributed by atoms with van der Waals surface area (Å²) in [4.78, 5) is 24.2. The van der Waals surface area contributed by atoms with E-state index in [-0.39, 0.29) is 24.4 Å². The Kier molecular flexibility index (Phi) is 5.50. The Morgan fingerprint density at radius 3 is 2.92 bits per heavy atom. The third kappa shape index (κ3) is 4.38. The highest BCUT2D eigenvalue weighted by atomic mass is 19.1. The summed E-state index contributed by atoms with van der Waals surface area (Å²) < 4.78 is 24.6. The number of halogens is 1. The Bertz CT molecular complexity index is 772. The van der Waals surface area contributed by atoms with Crippen molar-refractivity contribution in [3.05, 3.63) is 42.5 Å². The average Bonchev–Trinajstić information content (AvgIpc) is 3.09. The van der Waals surface area contributed by atoms with Gasteiger partial charge in [0.15, 0.2) is 24.0 Å². The number of carbonyl (C=O) groups is 1. The summed E-state index contributed by atoms with van der Waals surface area (Å²) in [5, 5.41) is 0. The number of hydrogen-bond acceptors (Lipinski definition) is 6. The highest BCUT2D eigenvalue weighted by Crippen LogP contribution is 2.19. The maximum Gasteiger partial charge on any atom is 0.260 e. The Balaban J connectivity index is 1.51. The minimum atomic E-state index is -0.484. The molecule has 0 unspecified atom stereocenters. The number of anilines is 1. The van der Waals surface area contributed by atoms with Gasteiger partial charge >= 0.3 is 0 Å². The molecule has 1 amide bonds. The fraction of sp³-hybridized carbons (Fsp3) is 0.389. The van der Waals surface area contributed by atoms with Crippen LogP contribution in [0.1, 0.15) is 6.42 Å². The van der Waals surface area contributed by atoms with E-state index >= 15 is 0 Å². The fourth-order valence-electron chi connectivity index (χ4n) is 2.62. The van der Waals surface area contributed by atoms with Gasteiger partial charge < -0.3 is 19.3 Å². The van der Waals surface area contributed by atoms with Crippen molar-refractivity contribution in [3.63, 3.8) is 0 Å². The first kappa shape index (κ1) is 17.9. The van der Waals surface area contributed by atoms with Crippen molar-refractivity contribution in [1.29, 1.82) is 0 Å². The molecule has 138 valence electrons. The molecular formula is C18H21FN4O3. The minimum Gasteiger partial charge on any atom is -0.481 e. The molecule has 8 heteroatoms. The van der Waals surface area contributed by atoms with Crippen molar-refractivity contribution in [2.45, 2.75) is 12.5 Å². The highest BCUT2D eigenvalue weighted by Gasteiger charge is 2.28. The molecule has 1 aromatic heterocycles. The lowest BCUT2D eigenvalue weighted by molar-refractivity contribution is -0.132. The molecule has 1 aliphatic heterocycles. The first-order valence-electron chi connectivity index (χ1n) is 8.34. The molecule has 1 fully saturated rings. The van der Waals surface area contributed by atoms with E-state index in [1.165, 1.54) is 12.1 Å². The van der Waals surface area contributed by atoms with Gasteiger partial charge in [-0.25, -0.2) is 4.39 Å². The monoisotopic (exact) mass is 360 g/mol. The van der Waals surface area contributed by atoms with E-state index in [4.69, 9.17) is 9.47 Å². The standard InChI is InChI=1S/C18H21FN4O3/c1-22(2)16-9-20-10-17(21-16)26-13-7-8-23(11-13)18(24)12-25-15-6-4-3-5-14(15)19/h3-6,9-10,13H,7-8,11-12H2,1-2H3/t13-/m0/s1. The van der Waals surface area contributed by atoms with Crippen LogP contribution >= 0.6 is 0 Å². The predicted molar refractivity (Wildman–Crippen MR) is 93.9 cm³/mol. The van der Waals surface area contributed by atoms with Crippen molar-refractivity contribution in [1.82, 2.24) is 14.9 Å². The smallest absolute Gasteiger partial charge is 0.260 e. The van der Waals surface area contributed by atoms with Gasteiger partial charge in [-0.15, -0.1) is 0 Å². The second-order valence-corrected chi connectivity index (χ2v) is 6.20. The number of aromatic nitrogens is 2. The largest absolute Gasteiger partial charge is 0.481 e. The molecule has 2 heterocycles. The summed E-state index contributed by atoms with van der Waals surface area (Å²) in [7, 11) is 3.75. The Labute approximate surface area is 151 Å². The fourth-order valence-corrected chi connectivity index (χ4v) is 2.62. The maximum absolute atomic E-state index is 13.5. The summed E-state index contributed by atoms with van der Waals surface area (Å²) in [6.45, 7) is 0.793. The first-order chi connectivity index (χ1) is 12.5. The molecule has 1 atom stereocenters. The Hall–Kier alpha value is -2.90. The lowest BCUT2D eigenvalue weighted by Crippen LogP contribution is -2.34. The Morgan fingerprint density at radius 2 is 2.15 bits per heavy atom. The molecular weight excluding hydrogens is 339 g/mol. The Morgan fingerprint density at radius 1 is 1.35 bits per heavy atom. The second kappa shape index (κ2) is 7.99. The van der Waals surface area contributed by atoms with Crippen LogP contribution in [0.5, 0.6) is 11.6 Å². The van der Waals surface area contributed by atoms with Crippen LogP contribution in [0.2, 0.25) is 0 Å². The summed E-state index contributed by atoms with van der Waals surface area (Å²) in [5.41, 5.74) is 0. The van der Waals surface area contributed by atoms with Crippen LogP contribution in [0, 0.1) is 5.82 Å². The topological polar surface area (TPSA) is 67.8 Å². The molecule has 0 bridgehead atoms. The van der Waals surface area contributed by atoms with Crippen molar-refractivity contribution < 1.29 is 18.7 Å². The molecule has 0 spiro atoms. The zero-order valence-corrected chi connectivity index (χ0v) is 14.8. The third-order valence-electron chi connectivity index (χ3n) is 4.03. The number of rotatable bonds is 6. The van der Waals surface area contributed by atoms with Crippen molar-refractivity contribution in [2.24, 2.45) is 0 Å². The van der Waals surface area contributed by atoms with E-state index in [9.17, 15) is 9.18 Å². The van der Waals surface area contributed by atoms with Crippen molar-refractivity contribution in [2.75, 3.05) is 38.7 Å². The van der Waals surface area contributed by atoms with E-state index < -0.39 is 5.82 Å². The van der Waals surface area contributed by atoms with Crippen LogP contribution < -0.4 is 14.4 Å². The molecule has 0 aliphatic carbocycles. The van der Waals surface area contributed by atoms with Gasteiger partial charge in [-0.3, -0.25) is 9.78 Å². The molecule has 7 nitrogen and oxygen atoms in total. The highest BCUT2D eigenvalue weighted by molar-refractivity contribution is 5.78. The third-order valence-corrected chi connectivity index (χ3v) is 4.03. The van der Waals surface area contributed by atoms with Gasteiger partial charge in [-0.2, -0.15) is 4.98 Å². The van der Waals surface area contributed by atoms with Crippen molar-refractivity contribution >= 4 is 11.7 Å². The van der Waals surface area contributed by atoms with E-state index in [1.807, 2.05) is 19.0 Å². The number of likely N-dealkylation sites (tertiary alicyclic amines) is 1. The quantitative estimate of drug-likeness (QED) is 0.782. The molecule has 1 aliphatic rings. The number of benzene rings is 1. The number of para-hydroxylation sites is 1. The number of nitrogens with zero attached hydrogens (tertiary/aromatic N) is 4. The molecule has 3 rings (SSSR count). The summed E-state index contributed by atoms with van der Waals surface area (Å²) >= 11 is 0. The second-order valence-electron chi connectivity index (χ2n) is 6.20. The lowest BCUT2D eigenvalue weighted by Gasteiger charge is -2.18. The van der Waals surface area contributed by atoms with E-state index in [0.717, 1.165) is 0 Å². The molecule has 2 aromatic rings. The van der Waals surface area contributed by atoms with Gasteiger partial charge in [-0.05, 0) is 12.1 Å². The molecule has 26 heavy (non-hydrogen) atoms. The van der Waals surface area contributed by atoms with E-state index in [2.05, 4.69) is 9.97 Å². The zero-order valence-electron chi connectivity index (χ0n) is 14.8. The van der Waals surface area contributed by atoms with E-state index in [1.54, 1.807) is 29.4 Å². The minimum absolute atomic E-state index is 0.0728. The van der Waals surface area contributed by atoms with Crippen LogP contribution in [0.25, 0.3) is 0 Å². The van der Waals surface area contributed by atoms with Gasteiger partial charge in [0.05, 0.1) is 18.9 Å². The summed E-state index contributed by atoms with van der Waals surface area (Å²) in [5.74, 6) is 0.517. The number of carbonyl (C=O) groups excluding carboxylic acids is 1. The number of hydrogen-bond donors (Lipinski definition) is 0. The molecule has 0 N–H and O–H groups in total. The van der Waals surface area contributed by atoms with Crippen molar-refractivity contribution in [3.8, 4) is 11.6 Å². The number of ether oxygens (including phenoxy) is 2. The van der Waals surface area contributed by atoms with Gasteiger partial charge in [0.25, 0.3) is 5.91 Å². The number of amides is 1. The predicted octanol–water partition coefficient (Wildman–Crippen LogP) is 1.74. The average molecular weight is 360 g/mol. The molecule has 1 saturated heterocycles. The van der Waals surface area contributed by atoms with Gasteiger partial charge in [0, 0.05) is 27.1 Å². The summed E-state index contributed by atoms with van der Waals surface area (Å²) in [6, 6.07) is 6.02. The van der Waals surface area contributed by atoms with Crippen LogP contribution in [0.15, 0.2) is 36.7 Å². The molecule has 0 saturated carbocycles. The van der Waals surface area contributed by atoms with Crippen LogP contribution in [0.3, 0.4) is 0 Å². The summed E-state index contributed by atoms with van der Waals surface area (Å²) in [6.07, 6.45) is 3.74. The SMILES string of the molecule is CN(C)c1cncc(O[C@H]2CCN(C(=O)COc3ccccc3F)C2)n1. The normalized spacial score (nSPS) is 16.4. The maximum atomic E-state index is 13.5. The van der Waals surface area contributed by atoms with Crippen LogP contribution in [-0.2, 0) is 4.79 Å². The van der Waals surface area contributed by atoms with Crippen LogP contribution in [-0.4, -0.2) is 60.7 Å². The first-order valence-corrected chi connectivity index (χ1v) is 8.34. The molecule has 1 aromatic carbocycles.